The third-order valence-electron chi connectivity index (χ3n) is 1.82. The van der Waals surface area contributed by atoms with E-state index in [4.69, 9.17) is 21.1 Å². The van der Waals surface area contributed by atoms with E-state index in [1.807, 2.05) is 13.8 Å². The number of halogens is 1. The molecule has 0 bridgehead atoms. The molecule has 0 radical (unpaired) electrons. The van der Waals surface area contributed by atoms with Crippen molar-refractivity contribution in [2.75, 3.05) is 19.8 Å². The van der Waals surface area contributed by atoms with Crippen LogP contribution in [0.2, 0.25) is 5.15 Å². The number of aryl methyl sites for hydroxylation is 1. The lowest BCUT2D eigenvalue weighted by Crippen LogP contribution is -2.09. The van der Waals surface area contributed by atoms with Crippen LogP contribution in [0.15, 0.2) is 0 Å². The van der Waals surface area contributed by atoms with Crippen LogP contribution in [-0.2, 0) is 4.74 Å². The summed E-state index contributed by atoms with van der Waals surface area (Å²) < 4.78 is 10.6. The van der Waals surface area contributed by atoms with Crippen LogP contribution in [0.25, 0.3) is 0 Å². The molecule has 84 valence electrons. The predicted octanol–water partition coefficient (Wildman–Crippen LogP) is 2.16. The predicted molar refractivity (Wildman–Crippen MR) is 58.5 cm³/mol. The Bertz CT molecular complexity index is 331. The summed E-state index contributed by atoms with van der Waals surface area (Å²) in [7, 11) is 0. The number of ether oxygens (including phenoxy) is 2. The second-order valence-electron chi connectivity index (χ2n) is 3.04. The van der Waals surface area contributed by atoms with Crippen molar-refractivity contribution < 1.29 is 9.47 Å². The molecule has 0 saturated carbocycles. The molecule has 0 unspecified atom stereocenters. The molecule has 0 fully saturated rings. The highest BCUT2D eigenvalue weighted by Gasteiger charge is 2.07. The molecule has 0 saturated heterocycles. The lowest BCUT2D eigenvalue weighted by molar-refractivity contribution is 0.108. The summed E-state index contributed by atoms with van der Waals surface area (Å²) >= 11 is 5.90. The van der Waals surface area contributed by atoms with E-state index in [9.17, 15) is 0 Å². The summed E-state index contributed by atoms with van der Waals surface area (Å²) in [6.07, 6.45) is 0. The molecular formula is C10H15ClN2O2. The molecule has 0 N–H and O–H groups in total. The Morgan fingerprint density at radius 3 is 2.60 bits per heavy atom. The SMILES string of the molecule is CCOCCOc1nc(C)nc(Cl)c1C. The molecule has 4 nitrogen and oxygen atoms in total. The Morgan fingerprint density at radius 2 is 1.93 bits per heavy atom. The minimum atomic E-state index is 0.439. The zero-order valence-electron chi connectivity index (χ0n) is 9.21. The maximum Gasteiger partial charge on any atom is 0.221 e. The molecule has 0 aliphatic heterocycles. The molecule has 1 aromatic heterocycles. The maximum absolute atomic E-state index is 5.90. The molecule has 0 amide bonds. The average Bonchev–Trinajstić information content (AvgIpc) is 2.19. The van der Waals surface area contributed by atoms with Gasteiger partial charge in [0.15, 0.2) is 0 Å². The number of hydrogen-bond donors (Lipinski definition) is 0. The Morgan fingerprint density at radius 1 is 1.20 bits per heavy atom. The van der Waals surface area contributed by atoms with Crippen molar-refractivity contribution in [3.05, 3.63) is 16.5 Å². The van der Waals surface area contributed by atoms with Crippen LogP contribution in [0.1, 0.15) is 18.3 Å². The topological polar surface area (TPSA) is 44.2 Å². The molecule has 1 heterocycles. The standard InChI is InChI=1S/C10H15ClN2O2/c1-4-14-5-6-15-10-7(2)9(11)12-8(3)13-10/h4-6H2,1-3H3. The number of aromatic nitrogens is 2. The van der Waals surface area contributed by atoms with Gasteiger partial charge in [-0.2, -0.15) is 4.98 Å². The van der Waals surface area contributed by atoms with Crippen molar-refractivity contribution in [3.63, 3.8) is 0 Å². The molecule has 0 aliphatic rings. The molecule has 0 atom stereocenters. The van der Waals surface area contributed by atoms with Crippen molar-refractivity contribution in [2.45, 2.75) is 20.8 Å². The van der Waals surface area contributed by atoms with E-state index in [0.29, 0.717) is 36.7 Å². The third-order valence-corrected chi connectivity index (χ3v) is 2.19. The van der Waals surface area contributed by atoms with Gasteiger partial charge >= 0.3 is 0 Å². The fraction of sp³-hybridized carbons (Fsp3) is 0.600. The molecule has 1 aromatic rings. The molecular weight excluding hydrogens is 216 g/mol. The van der Waals surface area contributed by atoms with Gasteiger partial charge in [-0.05, 0) is 20.8 Å². The summed E-state index contributed by atoms with van der Waals surface area (Å²) in [6, 6.07) is 0. The number of hydrogen-bond acceptors (Lipinski definition) is 4. The summed E-state index contributed by atoms with van der Waals surface area (Å²) in [5, 5.41) is 0.439. The molecule has 5 heteroatoms. The van der Waals surface area contributed by atoms with Gasteiger partial charge in [0.25, 0.3) is 0 Å². The summed E-state index contributed by atoms with van der Waals surface area (Å²) in [5.41, 5.74) is 0.763. The van der Waals surface area contributed by atoms with Gasteiger partial charge in [0, 0.05) is 12.2 Å². The highest BCUT2D eigenvalue weighted by atomic mass is 35.5. The highest BCUT2D eigenvalue weighted by molar-refractivity contribution is 6.30. The third kappa shape index (κ3) is 3.64. The molecule has 0 spiro atoms. The minimum Gasteiger partial charge on any atom is -0.475 e. The van der Waals surface area contributed by atoms with E-state index < -0.39 is 0 Å². The van der Waals surface area contributed by atoms with Crippen LogP contribution in [0.5, 0.6) is 5.88 Å². The van der Waals surface area contributed by atoms with Gasteiger partial charge in [0.2, 0.25) is 5.88 Å². The molecule has 0 aliphatic carbocycles. The zero-order valence-corrected chi connectivity index (χ0v) is 9.97. The van der Waals surface area contributed by atoms with E-state index in [1.165, 1.54) is 0 Å². The molecule has 0 aromatic carbocycles. The van der Waals surface area contributed by atoms with Crippen molar-refractivity contribution in [2.24, 2.45) is 0 Å². The lowest BCUT2D eigenvalue weighted by Gasteiger charge is -2.09. The first-order valence-electron chi connectivity index (χ1n) is 4.86. The van der Waals surface area contributed by atoms with E-state index in [2.05, 4.69) is 9.97 Å². The minimum absolute atomic E-state index is 0.439. The molecule has 15 heavy (non-hydrogen) atoms. The van der Waals surface area contributed by atoms with Gasteiger partial charge in [-0.15, -0.1) is 0 Å². The second kappa shape index (κ2) is 5.88. The monoisotopic (exact) mass is 230 g/mol. The first-order valence-corrected chi connectivity index (χ1v) is 5.24. The smallest absolute Gasteiger partial charge is 0.221 e. The Labute approximate surface area is 94.6 Å². The van der Waals surface area contributed by atoms with Crippen molar-refractivity contribution in [1.82, 2.24) is 9.97 Å². The van der Waals surface area contributed by atoms with E-state index in [-0.39, 0.29) is 0 Å². The molecule has 1 rings (SSSR count). The largest absolute Gasteiger partial charge is 0.475 e. The van der Waals surface area contributed by atoms with Crippen molar-refractivity contribution in [3.8, 4) is 5.88 Å². The van der Waals surface area contributed by atoms with Crippen LogP contribution in [-0.4, -0.2) is 29.8 Å². The first kappa shape index (κ1) is 12.2. The van der Waals surface area contributed by atoms with Gasteiger partial charge in [-0.3, -0.25) is 0 Å². The van der Waals surface area contributed by atoms with Crippen LogP contribution in [0, 0.1) is 13.8 Å². The lowest BCUT2D eigenvalue weighted by atomic mass is 10.3. The van der Waals surface area contributed by atoms with Gasteiger partial charge < -0.3 is 9.47 Å². The van der Waals surface area contributed by atoms with E-state index in [0.717, 1.165) is 5.56 Å². The maximum atomic E-state index is 5.90. The summed E-state index contributed by atoms with van der Waals surface area (Å²) in [4.78, 5) is 8.18. The van der Waals surface area contributed by atoms with Crippen LogP contribution in [0.3, 0.4) is 0 Å². The normalized spacial score (nSPS) is 10.4. The van der Waals surface area contributed by atoms with E-state index >= 15 is 0 Å². The van der Waals surface area contributed by atoms with Gasteiger partial charge in [-0.1, -0.05) is 11.6 Å². The first-order chi connectivity index (χ1) is 7.15. The van der Waals surface area contributed by atoms with Gasteiger partial charge in [-0.25, -0.2) is 4.98 Å². The average molecular weight is 231 g/mol. The summed E-state index contributed by atoms with van der Waals surface area (Å²) in [6.45, 7) is 7.26. The Kier molecular flexibility index (Phi) is 4.78. The number of nitrogens with zero attached hydrogens (tertiary/aromatic N) is 2. The fourth-order valence-corrected chi connectivity index (χ4v) is 1.26. The van der Waals surface area contributed by atoms with E-state index in [1.54, 1.807) is 6.92 Å². The van der Waals surface area contributed by atoms with Crippen LogP contribution >= 0.6 is 11.6 Å². The summed E-state index contributed by atoms with van der Waals surface area (Å²) in [5.74, 6) is 1.14. The zero-order chi connectivity index (χ0) is 11.3. The van der Waals surface area contributed by atoms with Crippen molar-refractivity contribution in [1.29, 1.82) is 0 Å². The fourth-order valence-electron chi connectivity index (χ4n) is 1.05. The Hall–Kier alpha value is -0.870. The number of rotatable bonds is 5. The highest BCUT2D eigenvalue weighted by Crippen LogP contribution is 2.21. The van der Waals surface area contributed by atoms with Gasteiger partial charge in [0.05, 0.1) is 6.61 Å². The second-order valence-corrected chi connectivity index (χ2v) is 3.40. The Balaban J connectivity index is 2.60. The van der Waals surface area contributed by atoms with Crippen LogP contribution < -0.4 is 4.74 Å². The van der Waals surface area contributed by atoms with Crippen molar-refractivity contribution >= 4 is 11.6 Å². The van der Waals surface area contributed by atoms with Gasteiger partial charge in [0.1, 0.15) is 17.6 Å². The van der Waals surface area contributed by atoms with Crippen LogP contribution in [0.4, 0.5) is 0 Å². The quantitative estimate of drug-likeness (QED) is 0.575.